The lowest BCUT2D eigenvalue weighted by Crippen LogP contribution is -2.39. The van der Waals surface area contributed by atoms with Gasteiger partial charge in [-0.1, -0.05) is 6.92 Å². The first kappa shape index (κ1) is 14.9. The summed E-state index contributed by atoms with van der Waals surface area (Å²) in [6, 6.07) is 1.28. The van der Waals surface area contributed by atoms with Gasteiger partial charge in [-0.25, -0.2) is 8.42 Å². The molecule has 2 rings (SSSR count). The number of sulfonamides is 1. The Morgan fingerprint density at radius 3 is 2.72 bits per heavy atom. The molecule has 1 saturated heterocycles. The van der Waals surface area contributed by atoms with Crippen molar-refractivity contribution >= 4 is 53.2 Å². The number of rotatable bonds is 3. The molecule has 0 radical (unpaired) electrons. The van der Waals surface area contributed by atoms with Crippen LogP contribution < -0.4 is 0 Å². The number of aliphatic hydroxyl groups excluding tert-OH is 1. The summed E-state index contributed by atoms with van der Waals surface area (Å²) in [7, 11) is -3.54. The Labute approximate surface area is 127 Å². The van der Waals surface area contributed by atoms with Crippen molar-refractivity contribution in [3.05, 3.63) is 13.6 Å². The van der Waals surface area contributed by atoms with Crippen LogP contribution in [-0.4, -0.2) is 37.0 Å². The highest BCUT2D eigenvalue weighted by Gasteiger charge is 2.40. The molecule has 1 aliphatic heterocycles. The van der Waals surface area contributed by atoms with Gasteiger partial charge in [-0.3, -0.25) is 0 Å². The fourth-order valence-electron chi connectivity index (χ4n) is 2.17. The molecule has 0 saturated carbocycles. The fraction of sp³-hybridized carbons (Fsp3) is 0.600. The smallest absolute Gasteiger partial charge is 0.245 e. The molecule has 0 amide bonds. The van der Waals surface area contributed by atoms with Crippen molar-refractivity contribution in [1.82, 2.24) is 4.31 Å². The van der Waals surface area contributed by atoms with Crippen molar-refractivity contribution in [2.45, 2.75) is 24.3 Å². The molecule has 0 spiro atoms. The average molecular weight is 419 g/mol. The molecule has 1 aromatic heterocycles. The summed E-state index contributed by atoms with van der Waals surface area (Å²) in [6.07, 6.45) is 0.785. The minimum absolute atomic E-state index is 0.136. The lowest BCUT2D eigenvalue weighted by molar-refractivity contribution is 0.191. The molecule has 0 aromatic carbocycles. The standard InChI is InChI=1S/C10H13Br2NO3S2/c1-6-2-3-13(7(6)5-14)18(15,16)8-4-9(11)17-10(8)12/h4,6-7,14H,2-3,5H2,1H3. The lowest BCUT2D eigenvalue weighted by Gasteiger charge is -2.24. The van der Waals surface area contributed by atoms with Crippen LogP contribution in [0, 0.1) is 5.92 Å². The molecular formula is C10H13Br2NO3S2. The SMILES string of the molecule is CC1CCN(S(=O)(=O)c2cc(Br)sc2Br)C1CO. The van der Waals surface area contributed by atoms with Gasteiger partial charge in [-0.05, 0) is 50.3 Å². The van der Waals surface area contributed by atoms with E-state index in [0.717, 1.165) is 10.2 Å². The van der Waals surface area contributed by atoms with Gasteiger partial charge in [0, 0.05) is 6.54 Å². The first-order valence-electron chi connectivity index (χ1n) is 5.45. The van der Waals surface area contributed by atoms with Crippen molar-refractivity contribution in [3.63, 3.8) is 0 Å². The molecule has 1 aliphatic rings. The summed E-state index contributed by atoms with van der Waals surface area (Å²) in [6.45, 7) is 2.30. The molecule has 2 unspecified atom stereocenters. The molecular weight excluding hydrogens is 406 g/mol. The van der Waals surface area contributed by atoms with E-state index in [2.05, 4.69) is 31.9 Å². The Kier molecular flexibility index (Phi) is 4.56. The van der Waals surface area contributed by atoms with Crippen LogP contribution in [0.15, 0.2) is 18.5 Å². The van der Waals surface area contributed by atoms with Gasteiger partial charge in [0.15, 0.2) is 0 Å². The van der Waals surface area contributed by atoms with Gasteiger partial charge in [-0.15, -0.1) is 11.3 Å². The zero-order valence-corrected chi connectivity index (χ0v) is 14.4. The van der Waals surface area contributed by atoms with E-state index in [1.54, 1.807) is 6.07 Å². The molecule has 4 nitrogen and oxygen atoms in total. The van der Waals surface area contributed by atoms with Crippen LogP contribution in [-0.2, 0) is 10.0 Å². The minimum atomic E-state index is -3.54. The molecule has 1 N–H and O–H groups in total. The Hall–Kier alpha value is 0.530. The summed E-state index contributed by atoms with van der Waals surface area (Å²) in [4.78, 5) is 0.270. The maximum absolute atomic E-state index is 12.6. The van der Waals surface area contributed by atoms with E-state index in [1.165, 1.54) is 15.6 Å². The quantitative estimate of drug-likeness (QED) is 0.820. The van der Waals surface area contributed by atoms with Crippen molar-refractivity contribution in [2.24, 2.45) is 5.92 Å². The molecule has 18 heavy (non-hydrogen) atoms. The molecule has 8 heteroatoms. The van der Waals surface area contributed by atoms with E-state index in [-0.39, 0.29) is 23.5 Å². The fourth-order valence-corrected chi connectivity index (χ4v) is 7.66. The molecule has 2 atom stereocenters. The van der Waals surface area contributed by atoms with Gasteiger partial charge in [-0.2, -0.15) is 4.31 Å². The van der Waals surface area contributed by atoms with E-state index < -0.39 is 10.0 Å². The van der Waals surface area contributed by atoms with Gasteiger partial charge in [0.05, 0.1) is 20.2 Å². The van der Waals surface area contributed by atoms with E-state index >= 15 is 0 Å². The molecule has 102 valence electrons. The second-order valence-corrected chi connectivity index (χ2v) is 9.93. The van der Waals surface area contributed by atoms with Gasteiger partial charge in [0.2, 0.25) is 10.0 Å². The zero-order valence-electron chi connectivity index (χ0n) is 9.64. The summed E-state index contributed by atoms with van der Waals surface area (Å²) in [5.41, 5.74) is 0. The third-order valence-electron chi connectivity index (χ3n) is 3.23. The Morgan fingerprint density at radius 2 is 2.22 bits per heavy atom. The van der Waals surface area contributed by atoms with Crippen LogP contribution in [0.2, 0.25) is 0 Å². The van der Waals surface area contributed by atoms with Crippen molar-refractivity contribution in [3.8, 4) is 0 Å². The maximum Gasteiger partial charge on any atom is 0.245 e. The summed E-state index contributed by atoms with van der Waals surface area (Å²) >= 11 is 7.89. The van der Waals surface area contributed by atoms with Gasteiger partial charge in [0.1, 0.15) is 4.90 Å². The van der Waals surface area contributed by atoms with Crippen molar-refractivity contribution in [1.29, 1.82) is 0 Å². The Morgan fingerprint density at radius 1 is 1.56 bits per heavy atom. The summed E-state index contributed by atoms with van der Waals surface area (Å²) in [5.74, 6) is 0.186. The van der Waals surface area contributed by atoms with Crippen LogP contribution in [0.4, 0.5) is 0 Å². The monoisotopic (exact) mass is 417 g/mol. The summed E-state index contributed by atoms with van der Waals surface area (Å²) < 4.78 is 27.9. The largest absolute Gasteiger partial charge is 0.395 e. The zero-order chi connectivity index (χ0) is 13.5. The number of hydrogen-bond donors (Lipinski definition) is 1. The second kappa shape index (κ2) is 5.49. The minimum Gasteiger partial charge on any atom is -0.395 e. The number of nitrogens with zero attached hydrogens (tertiary/aromatic N) is 1. The van der Waals surface area contributed by atoms with E-state index in [4.69, 9.17) is 0 Å². The van der Waals surface area contributed by atoms with E-state index in [1.807, 2.05) is 6.92 Å². The van der Waals surface area contributed by atoms with E-state index in [9.17, 15) is 13.5 Å². The predicted octanol–water partition coefficient (Wildman–Crippen LogP) is 2.66. The molecule has 0 aliphatic carbocycles. The number of hydrogen-bond acceptors (Lipinski definition) is 4. The van der Waals surface area contributed by atoms with Crippen molar-refractivity contribution in [2.75, 3.05) is 13.2 Å². The maximum atomic E-state index is 12.6. The van der Waals surface area contributed by atoms with Crippen LogP contribution in [0.3, 0.4) is 0 Å². The number of aliphatic hydroxyl groups is 1. The topological polar surface area (TPSA) is 57.6 Å². The van der Waals surface area contributed by atoms with E-state index in [0.29, 0.717) is 10.3 Å². The predicted molar refractivity (Wildman–Crippen MR) is 78.3 cm³/mol. The highest BCUT2D eigenvalue weighted by Crippen LogP contribution is 2.38. The van der Waals surface area contributed by atoms with Crippen molar-refractivity contribution < 1.29 is 13.5 Å². The lowest BCUT2D eigenvalue weighted by atomic mass is 10.0. The van der Waals surface area contributed by atoms with Crippen LogP contribution >= 0.6 is 43.2 Å². The highest BCUT2D eigenvalue weighted by molar-refractivity contribution is 9.12. The second-order valence-electron chi connectivity index (χ2n) is 4.32. The Bertz CT molecular complexity index is 543. The highest BCUT2D eigenvalue weighted by atomic mass is 79.9. The normalized spacial score (nSPS) is 25.8. The van der Waals surface area contributed by atoms with Crippen LogP contribution in [0.1, 0.15) is 13.3 Å². The number of thiophene rings is 1. The molecule has 2 heterocycles. The number of halogens is 2. The van der Waals surface area contributed by atoms with Gasteiger partial charge < -0.3 is 5.11 Å². The summed E-state index contributed by atoms with van der Waals surface area (Å²) in [5, 5.41) is 9.37. The molecule has 1 aromatic rings. The first-order valence-corrected chi connectivity index (χ1v) is 9.29. The molecule has 1 fully saturated rings. The van der Waals surface area contributed by atoms with Gasteiger partial charge >= 0.3 is 0 Å². The third kappa shape index (κ3) is 2.55. The van der Waals surface area contributed by atoms with Crippen LogP contribution in [0.5, 0.6) is 0 Å². The van der Waals surface area contributed by atoms with Gasteiger partial charge in [0.25, 0.3) is 0 Å². The van der Waals surface area contributed by atoms with Crippen LogP contribution in [0.25, 0.3) is 0 Å². The third-order valence-corrected chi connectivity index (χ3v) is 7.91. The average Bonchev–Trinajstić information content (AvgIpc) is 2.82. The Balaban J connectivity index is 2.40. The first-order chi connectivity index (χ1) is 8.37. The molecule has 0 bridgehead atoms.